The van der Waals surface area contributed by atoms with E-state index in [0.717, 1.165) is 9.87 Å². The van der Waals surface area contributed by atoms with E-state index in [0.29, 0.717) is 12.1 Å². The molecule has 36 heavy (non-hydrogen) atoms. The summed E-state index contributed by atoms with van der Waals surface area (Å²) in [6, 6.07) is 6.59. The molecule has 0 aromatic heterocycles. The van der Waals surface area contributed by atoms with Crippen LogP contribution in [0.1, 0.15) is 5.56 Å². The highest BCUT2D eigenvalue weighted by Gasteiger charge is 2.40. The molecule has 0 bridgehead atoms. The first-order valence-electron chi connectivity index (χ1n) is 10.8. The number of nitrogens with zero attached hydrogens (tertiary/aromatic N) is 2. The highest BCUT2D eigenvalue weighted by atomic mass is 32.2. The van der Waals surface area contributed by atoms with Crippen molar-refractivity contribution in [1.29, 1.82) is 0 Å². The van der Waals surface area contributed by atoms with Crippen LogP contribution in [0.3, 0.4) is 0 Å². The molecular weight excluding hydrogens is 500 g/mol. The molecule has 1 saturated heterocycles. The Morgan fingerprint density at radius 2 is 1.81 bits per heavy atom. The Kier molecular flexibility index (Phi) is 8.84. The zero-order valence-corrected chi connectivity index (χ0v) is 20.6. The van der Waals surface area contributed by atoms with E-state index in [2.05, 4.69) is 6.58 Å². The number of nitrogens with one attached hydrogen (secondary N) is 1. The molecule has 10 nitrogen and oxygen atoms in total. The van der Waals surface area contributed by atoms with E-state index in [1.165, 1.54) is 24.1 Å². The molecule has 1 aliphatic heterocycles. The average molecular weight is 528 g/mol. The van der Waals surface area contributed by atoms with Crippen molar-refractivity contribution < 1.29 is 41.4 Å². The first-order valence-corrected chi connectivity index (χ1v) is 12.3. The molecule has 1 amide bonds. The molecule has 196 valence electrons. The van der Waals surface area contributed by atoms with Crippen LogP contribution >= 0.6 is 0 Å². The number of carbonyl (C=O) groups excluding carboxylic acids is 1. The van der Waals surface area contributed by atoms with E-state index < -0.39 is 44.4 Å². The smallest absolute Gasteiger partial charge is 0.409 e. The van der Waals surface area contributed by atoms with Crippen molar-refractivity contribution in [2.24, 2.45) is 0 Å². The number of hydroxylamine groups is 1. The lowest BCUT2D eigenvalue weighted by Gasteiger charge is -2.40. The van der Waals surface area contributed by atoms with Gasteiger partial charge in [0.05, 0.1) is 23.2 Å². The summed E-state index contributed by atoms with van der Waals surface area (Å²) in [5, 5.41) is 9.36. The second-order valence-corrected chi connectivity index (χ2v) is 9.84. The lowest BCUT2D eigenvalue weighted by molar-refractivity contribution is 0.0549. The lowest BCUT2D eigenvalue weighted by atomic mass is 10.2. The van der Waals surface area contributed by atoms with Gasteiger partial charge in [-0.2, -0.15) is 4.31 Å². The van der Waals surface area contributed by atoms with E-state index in [-0.39, 0.29) is 44.3 Å². The summed E-state index contributed by atoms with van der Waals surface area (Å²) < 4.78 is 72.4. The third kappa shape index (κ3) is 6.10. The second kappa shape index (κ2) is 11.6. The molecule has 0 aliphatic carbocycles. The molecule has 2 aromatic carbocycles. The predicted octanol–water partition coefficient (Wildman–Crippen LogP) is 3.02. The van der Waals surface area contributed by atoms with Gasteiger partial charge in [-0.3, -0.25) is 10.7 Å². The van der Waals surface area contributed by atoms with E-state index in [1.54, 1.807) is 17.6 Å². The number of rotatable bonds is 9. The summed E-state index contributed by atoms with van der Waals surface area (Å²) in [4.78, 5) is 12.9. The number of carbonyl (C=O) groups is 1. The van der Waals surface area contributed by atoms with Gasteiger partial charge in [0.1, 0.15) is 12.4 Å². The number of methoxy groups -OCH3 is 1. The van der Waals surface area contributed by atoms with Gasteiger partial charge in [-0.15, -0.1) is 0 Å². The van der Waals surface area contributed by atoms with Crippen LogP contribution in [0, 0.1) is 18.6 Å². The molecule has 0 spiro atoms. The minimum Gasteiger partial charge on any atom is -0.451 e. The van der Waals surface area contributed by atoms with Crippen LogP contribution in [-0.4, -0.2) is 74.9 Å². The Hall–Kier alpha value is -3.26. The summed E-state index contributed by atoms with van der Waals surface area (Å²) in [6.45, 7) is 5.05. The van der Waals surface area contributed by atoms with Gasteiger partial charge in [0.2, 0.25) is 10.0 Å². The fourth-order valence-electron chi connectivity index (χ4n) is 3.52. The highest BCUT2D eigenvalue weighted by molar-refractivity contribution is 7.89. The Balaban J connectivity index is 1.85. The number of hydrogen-bond donors (Lipinski definition) is 2. The number of amides is 1. The minimum absolute atomic E-state index is 0.00668. The molecule has 1 aliphatic rings. The van der Waals surface area contributed by atoms with E-state index >= 15 is 0 Å². The van der Waals surface area contributed by atoms with Crippen LogP contribution in [0.25, 0.3) is 0 Å². The van der Waals surface area contributed by atoms with Gasteiger partial charge < -0.3 is 19.1 Å². The number of piperazine rings is 1. The van der Waals surface area contributed by atoms with Crippen molar-refractivity contribution >= 4 is 16.1 Å². The Morgan fingerprint density at radius 3 is 2.39 bits per heavy atom. The van der Waals surface area contributed by atoms with Crippen molar-refractivity contribution in [2.45, 2.75) is 17.9 Å². The minimum atomic E-state index is -4.49. The Labute approximate surface area is 207 Å². The molecule has 1 fully saturated rings. The molecule has 1 heterocycles. The fraction of sp³-hybridized carbons (Fsp3) is 0.348. The molecule has 1 atom stereocenters. The molecule has 13 heteroatoms. The summed E-state index contributed by atoms with van der Waals surface area (Å²) in [5.74, 6) is -3.01. The summed E-state index contributed by atoms with van der Waals surface area (Å²) in [5.41, 5.74) is 2.57. The second-order valence-electron chi connectivity index (χ2n) is 7.95. The van der Waals surface area contributed by atoms with Crippen LogP contribution in [0.4, 0.5) is 13.6 Å². The molecule has 2 N–H and O–H groups in total. The zero-order valence-electron chi connectivity index (χ0n) is 19.7. The number of ether oxygens (including phenoxy) is 3. The van der Waals surface area contributed by atoms with Gasteiger partial charge in [-0.1, -0.05) is 24.3 Å². The molecule has 0 unspecified atom stereocenters. The third-order valence-electron chi connectivity index (χ3n) is 5.47. The quantitative estimate of drug-likeness (QED) is 0.378. The number of sulfonamides is 1. The van der Waals surface area contributed by atoms with E-state index in [1.807, 2.05) is 6.92 Å². The Morgan fingerprint density at radius 1 is 1.17 bits per heavy atom. The standard InChI is InChI=1S/C23H27F2N3O7S/c1-15-4-6-17(7-5-15)35-22-19(24)12-18(13-20(22)25)36(31,32)28-9-8-27(14-21(28)16(2)26-30)23(29)34-11-10-33-3/h4-7,12-13,21,26,30H,2,8-11,14H2,1,3H3/t21-/m0/s1. The number of benzene rings is 2. The summed E-state index contributed by atoms with van der Waals surface area (Å²) in [7, 11) is -3.05. The number of halogens is 2. The van der Waals surface area contributed by atoms with Crippen LogP contribution < -0.4 is 10.2 Å². The maximum absolute atomic E-state index is 14.8. The third-order valence-corrected chi connectivity index (χ3v) is 7.35. The van der Waals surface area contributed by atoms with Crippen LogP contribution in [0.15, 0.2) is 53.6 Å². The molecule has 0 radical (unpaired) electrons. The lowest BCUT2D eigenvalue weighted by Crippen LogP contribution is -2.58. The SMILES string of the molecule is C=C(NO)[C@@H]1CN(C(=O)OCCOC)CCN1S(=O)(=O)c1cc(F)c(Oc2ccc(C)cc2)c(F)c1. The normalized spacial score (nSPS) is 16.5. The van der Waals surface area contributed by atoms with Crippen molar-refractivity contribution in [1.82, 2.24) is 14.7 Å². The van der Waals surface area contributed by atoms with Gasteiger partial charge in [-0.25, -0.2) is 22.0 Å². The van der Waals surface area contributed by atoms with Gasteiger partial charge in [0.15, 0.2) is 17.4 Å². The summed E-state index contributed by atoms with van der Waals surface area (Å²) in [6.07, 6.45) is -0.713. The van der Waals surface area contributed by atoms with Gasteiger partial charge in [-0.05, 0) is 31.2 Å². The number of aryl methyl sites for hydroxylation is 1. The van der Waals surface area contributed by atoms with E-state index in [9.17, 15) is 27.2 Å². The monoisotopic (exact) mass is 527 g/mol. The maximum atomic E-state index is 14.8. The fourth-order valence-corrected chi connectivity index (χ4v) is 5.15. The topological polar surface area (TPSA) is 118 Å². The first kappa shape index (κ1) is 27.3. The van der Waals surface area contributed by atoms with Gasteiger partial charge in [0, 0.05) is 26.7 Å². The van der Waals surface area contributed by atoms with Crippen molar-refractivity contribution in [3.63, 3.8) is 0 Å². The number of hydrogen-bond acceptors (Lipinski definition) is 8. The zero-order chi connectivity index (χ0) is 26.5. The van der Waals surface area contributed by atoms with Crippen LogP contribution in [0.5, 0.6) is 11.5 Å². The average Bonchev–Trinajstić information content (AvgIpc) is 2.86. The molecule has 0 saturated carbocycles. The summed E-state index contributed by atoms with van der Waals surface area (Å²) >= 11 is 0. The first-order chi connectivity index (χ1) is 17.1. The molecular formula is C23H27F2N3O7S. The maximum Gasteiger partial charge on any atom is 0.409 e. The van der Waals surface area contributed by atoms with Crippen molar-refractivity contribution in [3.05, 3.63) is 65.9 Å². The molecule has 2 aromatic rings. The molecule has 3 rings (SSSR count). The Bertz CT molecular complexity index is 1190. The van der Waals surface area contributed by atoms with Crippen molar-refractivity contribution in [2.75, 3.05) is 40.0 Å². The van der Waals surface area contributed by atoms with E-state index in [4.69, 9.17) is 14.2 Å². The van der Waals surface area contributed by atoms with Crippen molar-refractivity contribution in [3.8, 4) is 11.5 Å². The van der Waals surface area contributed by atoms with Crippen LogP contribution in [-0.2, 0) is 19.5 Å². The highest BCUT2D eigenvalue weighted by Crippen LogP contribution is 2.32. The van der Waals surface area contributed by atoms with Gasteiger partial charge in [0.25, 0.3) is 0 Å². The van der Waals surface area contributed by atoms with Gasteiger partial charge >= 0.3 is 6.09 Å². The van der Waals surface area contributed by atoms with Crippen LogP contribution in [0.2, 0.25) is 0 Å². The predicted molar refractivity (Wildman–Crippen MR) is 124 cm³/mol. The largest absolute Gasteiger partial charge is 0.451 e.